The second-order valence-electron chi connectivity index (χ2n) is 5.21. The lowest BCUT2D eigenvalue weighted by atomic mass is 10.2. The number of benzene rings is 1. The van der Waals surface area contributed by atoms with Crippen molar-refractivity contribution in [3.8, 4) is 11.4 Å². The maximum atomic E-state index is 11.9. The molecule has 0 radical (unpaired) electrons. The SMILES string of the molecule is CCn1nccc1-c1cn(Cc2ccccc2S(C)(=O)=O)nn1. The number of sulfone groups is 1. The van der Waals surface area contributed by atoms with Gasteiger partial charge in [-0.05, 0) is 24.6 Å². The van der Waals surface area contributed by atoms with Crippen molar-refractivity contribution in [2.75, 3.05) is 6.26 Å². The van der Waals surface area contributed by atoms with Gasteiger partial charge in [0, 0.05) is 19.0 Å². The molecule has 23 heavy (non-hydrogen) atoms. The first-order chi connectivity index (χ1) is 11.0. The highest BCUT2D eigenvalue weighted by atomic mass is 32.2. The van der Waals surface area contributed by atoms with Crippen molar-refractivity contribution in [3.63, 3.8) is 0 Å². The molecular weight excluding hydrogens is 314 g/mol. The first kappa shape index (κ1) is 15.4. The molecule has 0 N–H and O–H groups in total. The maximum Gasteiger partial charge on any atom is 0.175 e. The molecule has 0 bridgehead atoms. The van der Waals surface area contributed by atoms with Gasteiger partial charge in [0.15, 0.2) is 9.84 Å². The molecule has 0 saturated heterocycles. The predicted octanol–water partition coefficient (Wildman–Crippen LogP) is 1.61. The van der Waals surface area contributed by atoms with E-state index in [4.69, 9.17) is 0 Å². The van der Waals surface area contributed by atoms with Gasteiger partial charge in [0.1, 0.15) is 5.69 Å². The van der Waals surface area contributed by atoms with E-state index in [2.05, 4.69) is 15.4 Å². The van der Waals surface area contributed by atoms with Crippen LogP contribution in [0.1, 0.15) is 12.5 Å². The highest BCUT2D eigenvalue weighted by Crippen LogP contribution is 2.19. The highest BCUT2D eigenvalue weighted by molar-refractivity contribution is 7.90. The summed E-state index contributed by atoms with van der Waals surface area (Å²) in [6.07, 6.45) is 4.72. The Balaban J connectivity index is 1.92. The average Bonchev–Trinajstić information content (AvgIpc) is 3.14. The molecular formula is C15H17N5O2S. The molecule has 3 aromatic rings. The zero-order valence-corrected chi connectivity index (χ0v) is 13.7. The van der Waals surface area contributed by atoms with Crippen LogP contribution in [-0.2, 0) is 22.9 Å². The van der Waals surface area contributed by atoms with Gasteiger partial charge in [-0.15, -0.1) is 5.10 Å². The zero-order chi connectivity index (χ0) is 16.4. The van der Waals surface area contributed by atoms with Gasteiger partial charge in [0.05, 0.1) is 23.3 Å². The van der Waals surface area contributed by atoms with E-state index < -0.39 is 9.84 Å². The van der Waals surface area contributed by atoms with Crippen LogP contribution in [0.15, 0.2) is 47.6 Å². The first-order valence-electron chi connectivity index (χ1n) is 7.19. The van der Waals surface area contributed by atoms with E-state index in [1.807, 2.05) is 23.7 Å². The molecule has 120 valence electrons. The summed E-state index contributed by atoms with van der Waals surface area (Å²) in [7, 11) is -3.28. The topological polar surface area (TPSA) is 82.7 Å². The molecule has 3 rings (SSSR count). The van der Waals surface area contributed by atoms with Gasteiger partial charge in [-0.2, -0.15) is 5.10 Å². The van der Waals surface area contributed by atoms with E-state index in [9.17, 15) is 8.42 Å². The Kier molecular flexibility index (Phi) is 3.99. The predicted molar refractivity (Wildman–Crippen MR) is 85.6 cm³/mol. The molecule has 7 nitrogen and oxygen atoms in total. The number of rotatable bonds is 5. The fraction of sp³-hybridized carbons (Fsp3) is 0.267. The van der Waals surface area contributed by atoms with Crippen molar-refractivity contribution in [1.29, 1.82) is 0 Å². The first-order valence-corrected chi connectivity index (χ1v) is 9.08. The Hall–Kier alpha value is -2.48. The lowest BCUT2D eigenvalue weighted by molar-refractivity contribution is 0.596. The van der Waals surface area contributed by atoms with Gasteiger partial charge in [-0.3, -0.25) is 4.68 Å². The number of hydrogen-bond acceptors (Lipinski definition) is 5. The van der Waals surface area contributed by atoms with E-state index in [0.29, 0.717) is 22.7 Å². The Morgan fingerprint density at radius 3 is 2.70 bits per heavy atom. The molecule has 0 unspecified atom stereocenters. The maximum absolute atomic E-state index is 11.9. The van der Waals surface area contributed by atoms with Gasteiger partial charge < -0.3 is 0 Å². The van der Waals surface area contributed by atoms with Crippen LogP contribution in [0.4, 0.5) is 0 Å². The zero-order valence-electron chi connectivity index (χ0n) is 12.9. The molecule has 1 aromatic carbocycles. The van der Waals surface area contributed by atoms with E-state index in [1.54, 1.807) is 35.3 Å². The molecule has 0 atom stereocenters. The van der Waals surface area contributed by atoms with Gasteiger partial charge in [-0.1, -0.05) is 23.4 Å². The van der Waals surface area contributed by atoms with Crippen molar-refractivity contribution in [2.24, 2.45) is 0 Å². The Bertz CT molecular complexity index is 927. The minimum Gasteiger partial charge on any atom is -0.263 e. The minimum atomic E-state index is -3.28. The fourth-order valence-electron chi connectivity index (χ4n) is 2.47. The van der Waals surface area contributed by atoms with Crippen LogP contribution in [-0.4, -0.2) is 39.4 Å². The molecule has 0 amide bonds. The van der Waals surface area contributed by atoms with Crippen LogP contribution >= 0.6 is 0 Å². The van der Waals surface area contributed by atoms with Crippen LogP contribution in [0.3, 0.4) is 0 Å². The van der Waals surface area contributed by atoms with Gasteiger partial charge in [-0.25, -0.2) is 13.1 Å². The Labute approximate surface area is 134 Å². The second kappa shape index (κ2) is 5.96. The minimum absolute atomic E-state index is 0.315. The summed E-state index contributed by atoms with van der Waals surface area (Å²) < 4.78 is 27.2. The quantitative estimate of drug-likeness (QED) is 0.709. The van der Waals surface area contributed by atoms with Crippen molar-refractivity contribution in [2.45, 2.75) is 24.9 Å². The van der Waals surface area contributed by atoms with Gasteiger partial charge in [0.25, 0.3) is 0 Å². The van der Waals surface area contributed by atoms with Crippen molar-refractivity contribution >= 4 is 9.84 Å². The molecule has 0 fully saturated rings. The molecule has 0 saturated carbocycles. The molecule has 2 aromatic heterocycles. The van der Waals surface area contributed by atoms with Gasteiger partial charge in [0.2, 0.25) is 0 Å². The fourth-order valence-corrected chi connectivity index (χ4v) is 3.40. The number of aryl methyl sites for hydroxylation is 1. The monoisotopic (exact) mass is 331 g/mol. The molecule has 2 heterocycles. The lowest BCUT2D eigenvalue weighted by Crippen LogP contribution is -2.07. The third kappa shape index (κ3) is 3.16. The largest absolute Gasteiger partial charge is 0.263 e. The van der Waals surface area contributed by atoms with E-state index in [0.717, 1.165) is 12.2 Å². The second-order valence-corrected chi connectivity index (χ2v) is 7.20. The normalized spacial score (nSPS) is 11.7. The Morgan fingerprint density at radius 2 is 1.96 bits per heavy atom. The highest BCUT2D eigenvalue weighted by Gasteiger charge is 2.14. The van der Waals surface area contributed by atoms with Crippen LogP contribution in [0.5, 0.6) is 0 Å². The summed E-state index contributed by atoms with van der Waals surface area (Å²) in [6, 6.07) is 8.80. The summed E-state index contributed by atoms with van der Waals surface area (Å²) in [5.74, 6) is 0. The number of hydrogen-bond donors (Lipinski definition) is 0. The smallest absolute Gasteiger partial charge is 0.175 e. The van der Waals surface area contributed by atoms with Crippen LogP contribution < -0.4 is 0 Å². The van der Waals surface area contributed by atoms with Crippen LogP contribution in [0.2, 0.25) is 0 Å². The van der Waals surface area contributed by atoms with E-state index in [-0.39, 0.29) is 0 Å². The van der Waals surface area contributed by atoms with E-state index >= 15 is 0 Å². The van der Waals surface area contributed by atoms with Gasteiger partial charge >= 0.3 is 0 Å². The third-order valence-electron chi connectivity index (χ3n) is 3.52. The molecule has 0 aliphatic carbocycles. The lowest BCUT2D eigenvalue weighted by Gasteiger charge is -2.07. The van der Waals surface area contributed by atoms with Crippen molar-refractivity contribution in [3.05, 3.63) is 48.3 Å². The van der Waals surface area contributed by atoms with Crippen LogP contribution in [0.25, 0.3) is 11.4 Å². The van der Waals surface area contributed by atoms with Crippen molar-refractivity contribution < 1.29 is 8.42 Å². The molecule has 8 heteroatoms. The van der Waals surface area contributed by atoms with E-state index in [1.165, 1.54) is 6.26 Å². The number of aromatic nitrogens is 5. The van der Waals surface area contributed by atoms with Crippen LogP contribution in [0, 0.1) is 0 Å². The Morgan fingerprint density at radius 1 is 1.17 bits per heavy atom. The standard InChI is InChI=1S/C15H17N5O2S/c1-3-20-14(8-9-16-20)13-11-19(18-17-13)10-12-6-4-5-7-15(12)23(2,21)22/h4-9,11H,3,10H2,1-2H3. The summed E-state index contributed by atoms with van der Waals surface area (Å²) in [5, 5.41) is 12.5. The summed E-state index contributed by atoms with van der Waals surface area (Å²) in [5.41, 5.74) is 2.28. The molecule has 0 aliphatic heterocycles. The molecule has 0 aliphatic rings. The average molecular weight is 331 g/mol. The molecule has 0 spiro atoms. The number of nitrogens with zero attached hydrogens (tertiary/aromatic N) is 5. The summed E-state index contributed by atoms with van der Waals surface area (Å²) in [4.78, 5) is 0.315. The van der Waals surface area contributed by atoms with Crippen molar-refractivity contribution in [1.82, 2.24) is 24.8 Å². The summed E-state index contributed by atoms with van der Waals surface area (Å²) in [6.45, 7) is 3.09. The third-order valence-corrected chi connectivity index (χ3v) is 4.72. The summed E-state index contributed by atoms with van der Waals surface area (Å²) >= 11 is 0.